The summed E-state index contributed by atoms with van der Waals surface area (Å²) in [4.78, 5) is 18.7. The number of unbranched alkanes of at least 4 members (excludes halogenated alkanes) is 1. The molecule has 0 spiro atoms. The highest BCUT2D eigenvalue weighted by molar-refractivity contribution is 6.31. The quantitative estimate of drug-likeness (QED) is 0.401. The van der Waals surface area contributed by atoms with Gasteiger partial charge in [-0.15, -0.1) is 0 Å². The molecule has 0 amide bonds. The summed E-state index contributed by atoms with van der Waals surface area (Å²) in [5.41, 5.74) is 4.11. The van der Waals surface area contributed by atoms with Crippen LogP contribution in [0.5, 0.6) is 0 Å². The Morgan fingerprint density at radius 3 is 2.50 bits per heavy atom. The first-order valence-corrected chi connectivity index (χ1v) is 11.2. The van der Waals surface area contributed by atoms with Crippen molar-refractivity contribution in [3.8, 4) is 0 Å². The summed E-state index contributed by atoms with van der Waals surface area (Å²) >= 11 is 6.40. The minimum atomic E-state index is -0.928. The average Bonchev–Trinajstić information content (AvgIpc) is 3.14. The third kappa shape index (κ3) is 6.01. The molecule has 5 nitrogen and oxygen atoms in total. The van der Waals surface area contributed by atoms with E-state index in [-0.39, 0.29) is 0 Å². The lowest BCUT2D eigenvalue weighted by Gasteiger charge is -2.13. The van der Waals surface area contributed by atoms with Crippen molar-refractivity contribution in [3.05, 3.63) is 88.0 Å². The Hall–Kier alpha value is -3.05. The molecule has 0 bridgehead atoms. The molecule has 0 saturated heterocycles. The molecule has 0 fully saturated rings. The van der Waals surface area contributed by atoms with Gasteiger partial charge >= 0.3 is 5.97 Å². The summed E-state index contributed by atoms with van der Waals surface area (Å²) in [7, 11) is 3.96. The number of aliphatic carboxylic acids is 1. The molecule has 1 heterocycles. The molecule has 0 aliphatic carbocycles. The van der Waals surface area contributed by atoms with Crippen LogP contribution >= 0.6 is 11.6 Å². The van der Waals surface area contributed by atoms with Crippen LogP contribution in [0.25, 0.3) is 6.08 Å². The smallest absolute Gasteiger partial charge is 0.331 e. The van der Waals surface area contributed by atoms with E-state index in [9.17, 15) is 9.90 Å². The number of rotatable bonds is 10. The van der Waals surface area contributed by atoms with Crippen LogP contribution in [-0.4, -0.2) is 34.7 Å². The normalized spacial score (nSPS) is 11.6. The minimum Gasteiger partial charge on any atom is -0.478 e. The van der Waals surface area contributed by atoms with Crippen LogP contribution in [0.3, 0.4) is 0 Å². The molecular formula is C26H30ClN3O2. The number of hydrogen-bond acceptors (Lipinski definition) is 3. The number of anilines is 1. The zero-order valence-corrected chi connectivity index (χ0v) is 19.6. The Balaban J connectivity index is 1.94. The largest absolute Gasteiger partial charge is 0.478 e. The fraction of sp³-hybridized carbons (Fsp3) is 0.308. The standard InChI is InChI=1S/C26H30ClN3O2/c1-4-5-10-25-28-17-23(30(25)18-20-8-6-7-9-24(20)27)16-21(26(31)32)15-19-11-13-22(14-12-19)29(2)3/h6-9,11-14,16-17H,4-5,10,15,18H2,1-3H3,(H,31,32)/b21-16+. The molecule has 3 rings (SSSR count). The summed E-state index contributed by atoms with van der Waals surface area (Å²) in [6, 6.07) is 15.7. The maximum atomic E-state index is 12.1. The van der Waals surface area contributed by atoms with E-state index in [4.69, 9.17) is 11.6 Å². The summed E-state index contributed by atoms with van der Waals surface area (Å²) < 4.78 is 2.08. The maximum absolute atomic E-state index is 12.1. The van der Waals surface area contributed by atoms with Gasteiger partial charge in [-0.2, -0.15) is 0 Å². The Morgan fingerprint density at radius 2 is 1.88 bits per heavy atom. The van der Waals surface area contributed by atoms with E-state index in [0.717, 1.165) is 47.6 Å². The van der Waals surface area contributed by atoms with E-state index in [0.29, 0.717) is 23.6 Å². The Bertz CT molecular complexity index is 1080. The SMILES string of the molecule is CCCCc1ncc(/C=C(\Cc2ccc(N(C)C)cc2)C(=O)O)n1Cc1ccccc1Cl. The number of aryl methyl sites for hydroxylation is 1. The number of nitrogens with zero attached hydrogens (tertiary/aromatic N) is 3. The molecule has 0 radical (unpaired) electrons. The van der Waals surface area contributed by atoms with Gasteiger partial charge in [0.1, 0.15) is 5.82 Å². The highest BCUT2D eigenvalue weighted by Gasteiger charge is 2.15. The van der Waals surface area contributed by atoms with Gasteiger partial charge in [0, 0.05) is 43.2 Å². The van der Waals surface area contributed by atoms with Crippen LogP contribution in [0.4, 0.5) is 5.69 Å². The number of imidazole rings is 1. The van der Waals surface area contributed by atoms with E-state index >= 15 is 0 Å². The number of carboxylic acids is 1. The maximum Gasteiger partial charge on any atom is 0.331 e. The van der Waals surface area contributed by atoms with Gasteiger partial charge < -0.3 is 14.6 Å². The topological polar surface area (TPSA) is 58.4 Å². The summed E-state index contributed by atoms with van der Waals surface area (Å²) in [6.07, 6.45) is 6.76. The highest BCUT2D eigenvalue weighted by Crippen LogP contribution is 2.22. The van der Waals surface area contributed by atoms with Crippen LogP contribution < -0.4 is 4.90 Å². The van der Waals surface area contributed by atoms with Gasteiger partial charge in [-0.25, -0.2) is 9.78 Å². The minimum absolute atomic E-state index is 0.324. The third-order valence-corrected chi connectivity index (χ3v) is 5.82. The summed E-state index contributed by atoms with van der Waals surface area (Å²) in [5, 5.41) is 10.6. The lowest BCUT2D eigenvalue weighted by Crippen LogP contribution is -2.10. The molecule has 0 atom stereocenters. The molecule has 0 aliphatic heterocycles. The summed E-state index contributed by atoms with van der Waals surface area (Å²) in [6.45, 7) is 2.70. The third-order valence-electron chi connectivity index (χ3n) is 5.45. The number of hydrogen-bond donors (Lipinski definition) is 1. The van der Waals surface area contributed by atoms with Crippen LogP contribution in [0.1, 0.15) is 42.4 Å². The van der Waals surface area contributed by atoms with Crippen molar-refractivity contribution >= 4 is 29.3 Å². The molecule has 1 N–H and O–H groups in total. The first-order valence-electron chi connectivity index (χ1n) is 10.9. The Morgan fingerprint density at radius 1 is 1.16 bits per heavy atom. The van der Waals surface area contributed by atoms with Gasteiger partial charge in [-0.1, -0.05) is 55.3 Å². The second-order valence-electron chi connectivity index (χ2n) is 8.09. The Labute approximate surface area is 195 Å². The van der Waals surface area contributed by atoms with Crippen LogP contribution in [0, 0.1) is 0 Å². The van der Waals surface area contributed by atoms with Gasteiger partial charge in [0.15, 0.2) is 0 Å². The van der Waals surface area contributed by atoms with Crippen molar-refractivity contribution in [2.45, 2.75) is 39.2 Å². The lowest BCUT2D eigenvalue weighted by molar-refractivity contribution is -0.132. The monoisotopic (exact) mass is 451 g/mol. The molecule has 1 aromatic heterocycles. The van der Waals surface area contributed by atoms with Gasteiger partial charge in [0.05, 0.1) is 18.4 Å². The van der Waals surface area contributed by atoms with E-state index in [1.54, 1.807) is 12.3 Å². The van der Waals surface area contributed by atoms with Gasteiger partial charge in [-0.3, -0.25) is 0 Å². The van der Waals surface area contributed by atoms with Gasteiger partial charge in [0.2, 0.25) is 0 Å². The van der Waals surface area contributed by atoms with Crippen molar-refractivity contribution in [1.29, 1.82) is 0 Å². The predicted molar refractivity (Wildman–Crippen MR) is 131 cm³/mol. The molecular weight excluding hydrogens is 422 g/mol. The van der Waals surface area contributed by atoms with Crippen LogP contribution in [0.2, 0.25) is 5.02 Å². The van der Waals surface area contributed by atoms with Crippen LogP contribution in [0.15, 0.2) is 60.3 Å². The molecule has 6 heteroatoms. The van der Waals surface area contributed by atoms with E-state index in [1.165, 1.54) is 0 Å². The molecule has 168 valence electrons. The highest BCUT2D eigenvalue weighted by atomic mass is 35.5. The molecule has 2 aromatic carbocycles. The molecule has 0 saturated carbocycles. The average molecular weight is 452 g/mol. The molecule has 0 unspecified atom stereocenters. The predicted octanol–water partition coefficient (Wildman–Crippen LogP) is 5.70. The van der Waals surface area contributed by atoms with E-state index in [1.807, 2.05) is 67.5 Å². The molecule has 32 heavy (non-hydrogen) atoms. The number of carboxylic acid groups (broad SMARTS) is 1. The zero-order chi connectivity index (χ0) is 23.1. The van der Waals surface area contributed by atoms with Gasteiger partial charge in [0.25, 0.3) is 0 Å². The second kappa shape index (κ2) is 11.0. The number of aromatic nitrogens is 2. The fourth-order valence-electron chi connectivity index (χ4n) is 3.56. The zero-order valence-electron chi connectivity index (χ0n) is 18.9. The summed E-state index contributed by atoms with van der Waals surface area (Å²) in [5.74, 6) is 0.0142. The number of halogens is 1. The number of benzene rings is 2. The first-order chi connectivity index (χ1) is 15.4. The van der Waals surface area contributed by atoms with Crippen molar-refractivity contribution in [1.82, 2.24) is 9.55 Å². The molecule has 3 aromatic rings. The first kappa shape index (κ1) is 23.6. The van der Waals surface area contributed by atoms with E-state index < -0.39 is 5.97 Å². The van der Waals surface area contributed by atoms with Crippen molar-refractivity contribution in [2.75, 3.05) is 19.0 Å². The fourth-order valence-corrected chi connectivity index (χ4v) is 3.75. The lowest BCUT2D eigenvalue weighted by atomic mass is 10.0. The van der Waals surface area contributed by atoms with Crippen LogP contribution in [-0.2, 0) is 24.2 Å². The second-order valence-corrected chi connectivity index (χ2v) is 8.50. The van der Waals surface area contributed by atoms with Crippen molar-refractivity contribution < 1.29 is 9.90 Å². The van der Waals surface area contributed by atoms with Gasteiger partial charge in [-0.05, 0) is 41.8 Å². The molecule has 0 aliphatic rings. The number of carbonyl (C=O) groups is 1. The van der Waals surface area contributed by atoms with Crippen molar-refractivity contribution in [2.24, 2.45) is 0 Å². The van der Waals surface area contributed by atoms with E-state index in [2.05, 4.69) is 16.5 Å². The Kier molecular flexibility index (Phi) is 8.12. The van der Waals surface area contributed by atoms with Crippen molar-refractivity contribution in [3.63, 3.8) is 0 Å².